The van der Waals surface area contributed by atoms with Crippen molar-refractivity contribution in [2.75, 3.05) is 0 Å². The fraction of sp³-hybridized carbons (Fsp3) is 0.364. The molecule has 80 valence electrons. The van der Waals surface area contributed by atoms with E-state index in [2.05, 4.69) is 15.9 Å². The Labute approximate surface area is 95.2 Å². The van der Waals surface area contributed by atoms with E-state index >= 15 is 0 Å². The number of benzene rings is 1. The molecule has 1 aliphatic rings. The van der Waals surface area contributed by atoms with E-state index in [0.29, 0.717) is 16.5 Å². The number of carbonyl (C=O) groups is 1. The molecule has 0 aromatic heterocycles. The Balaban J connectivity index is 2.31. The first-order valence-electron chi connectivity index (χ1n) is 4.78. The summed E-state index contributed by atoms with van der Waals surface area (Å²) in [5.74, 6) is -1.74. The van der Waals surface area contributed by atoms with Crippen LogP contribution in [0.2, 0.25) is 0 Å². The van der Waals surface area contributed by atoms with Gasteiger partial charge in [-0.15, -0.1) is 0 Å². The molecular weight excluding hydrogens is 263 g/mol. The minimum absolute atomic E-state index is 0.167. The first-order valence-corrected chi connectivity index (χ1v) is 5.57. The first-order chi connectivity index (χ1) is 7.11. The number of carboxylic acid groups (broad SMARTS) is 1. The number of halogens is 2. The maximum atomic E-state index is 13.7. The summed E-state index contributed by atoms with van der Waals surface area (Å²) < 4.78 is 14.1. The van der Waals surface area contributed by atoms with Crippen LogP contribution in [-0.2, 0) is 4.79 Å². The zero-order valence-corrected chi connectivity index (χ0v) is 9.50. The average Bonchev–Trinajstić information content (AvgIpc) is 2.10. The molecule has 0 saturated heterocycles. The zero-order chi connectivity index (χ0) is 11.0. The first kappa shape index (κ1) is 10.6. The highest BCUT2D eigenvalue weighted by Gasteiger charge is 2.39. The maximum absolute atomic E-state index is 13.7. The molecule has 1 N–H and O–H groups in total. The zero-order valence-electron chi connectivity index (χ0n) is 7.91. The number of hydrogen-bond acceptors (Lipinski definition) is 1. The van der Waals surface area contributed by atoms with Crippen LogP contribution in [0.5, 0.6) is 0 Å². The van der Waals surface area contributed by atoms with Gasteiger partial charge in [0.05, 0.1) is 10.4 Å². The third-order valence-corrected chi connectivity index (χ3v) is 3.58. The summed E-state index contributed by atoms with van der Waals surface area (Å²) in [6, 6.07) is 5.02. The topological polar surface area (TPSA) is 37.3 Å². The van der Waals surface area contributed by atoms with Gasteiger partial charge < -0.3 is 5.11 Å². The molecule has 0 amide bonds. The molecular formula is C11H10BrFO2. The summed E-state index contributed by atoms with van der Waals surface area (Å²) in [5, 5.41) is 8.89. The van der Waals surface area contributed by atoms with Crippen molar-refractivity contribution in [1.29, 1.82) is 0 Å². The molecule has 15 heavy (non-hydrogen) atoms. The van der Waals surface area contributed by atoms with Crippen LogP contribution < -0.4 is 0 Å². The normalized spacial score (nSPS) is 24.7. The Morgan fingerprint density at radius 1 is 1.47 bits per heavy atom. The highest BCUT2D eigenvalue weighted by atomic mass is 79.9. The van der Waals surface area contributed by atoms with Crippen LogP contribution in [0.1, 0.15) is 24.3 Å². The van der Waals surface area contributed by atoms with Gasteiger partial charge in [0.2, 0.25) is 0 Å². The van der Waals surface area contributed by atoms with Crippen molar-refractivity contribution in [2.24, 2.45) is 5.92 Å². The Morgan fingerprint density at radius 2 is 2.20 bits per heavy atom. The van der Waals surface area contributed by atoms with Gasteiger partial charge in [0.1, 0.15) is 5.82 Å². The van der Waals surface area contributed by atoms with Gasteiger partial charge in [0.25, 0.3) is 0 Å². The van der Waals surface area contributed by atoms with E-state index in [1.54, 1.807) is 18.2 Å². The van der Waals surface area contributed by atoms with E-state index in [-0.39, 0.29) is 11.7 Å². The van der Waals surface area contributed by atoms with Gasteiger partial charge in [0, 0.05) is 5.92 Å². The van der Waals surface area contributed by atoms with Crippen LogP contribution in [-0.4, -0.2) is 11.1 Å². The lowest BCUT2D eigenvalue weighted by molar-refractivity contribution is -0.145. The second-order valence-corrected chi connectivity index (χ2v) is 4.63. The third-order valence-electron chi connectivity index (χ3n) is 2.97. The van der Waals surface area contributed by atoms with Crippen molar-refractivity contribution in [1.82, 2.24) is 0 Å². The summed E-state index contributed by atoms with van der Waals surface area (Å²) in [7, 11) is 0. The Morgan fingerprint density at radius 3 is 2.73 bits per heavy atom. The highest BCUT2D eigenvalue weighted by Crippen LogP contribution is 2.44. The summed E-state index contributed by atoms with van der Waals surface area (Å²) >= 11 is 3.10. The molecule has 0 aliphatic heterocycles. The molecule has 2 atom stereocenters. The van der Waals surface area contributed by atoms with Gasteiger partial charge in [-0.25, -0.2) is 4.39 Å². The van der Waals surface area contributed by atoms with E-state index < -0.39 is 11.9 Å². The smallest absolute Gasteiger partial charge is 0.307 e. The Bertz CT molecular complexity index is 406. The standard InChI is InChI=1S/C11H10BrFO2/c12-9-3-1-2-7(10(9)13)6-4-5-8(6)11(14)15/h1-3,6,8H,4-5H2,(H,14,15). The Hall–Kier alpha value is -0.900. The van der Waals surface area contributed by atoms with Crippen LogP contribution in [0.15, 0.2) is 22.7 Å². The Kier molecular flexibility index (Phi) is 2.78. The molecule has 0 spiro atoms. The molecule has 4 heteroatoms. The van der Waals surface area contributed by atoms with E-state index in [1.165, 1.54) is 0 Å². The number of aliphatic carboxylic acids is 1. The summed E-state index contributed by atoms with van der Waals surface area (Å²) in [6.45, 7) is 0. The number of carboxylic acids is 1. The molecule has 1 saturated carbocycles. The van der Waals surface area contributed by atoms with Crippen molar-refractivity contribution in [3.63, 3.8) is 0 Å². The molecule has 0 heterocycles. The maximum Gasteiger partial charge on any atom is 0.307 e. The van der Waals surface area contributed by atoms with Gasteiger partial charge in [-0.1, -0.05) is 12.1 Å². The number of rotatable bonds is 2. The lowest BCUT2D eigenvalue weighted by Crippen LogP contribution is -2.31. The lowest BCUT2D eigenvalue weighted by Gasteiger charge is -2.34. The fourth-order valence-corrected chi connectivity index (χ4v) is 2.36. The summed E-state index contributed by atoms with van der Waals surface area (Å²) in [5.41, 5.74) is 0.517. The second-order valence-electron chi connectivity index (χ2n) is 3.77. The molecule has 1 aromatic rings. The predicted molar refractivity (Wildman–Crippen MR) is 57.2 cm³/mol. The second kappa shape index (κ2) is 3.93. The van der Waals surface area contributed by atoms with Gasteiger partial charge in [-0.3, -0.25) is 4.79 Å². The molecule has 0 bridgehead atoms. The van der Waals surface area contributed by atoms with Crippen molar-refractivity contribution in [2.45, 2.75) is 18.8 Å². The van der Waals surface area contributed by atoms with Crippen molar-refractivity contribution < 1.29 is 14.3 Å². The van der Waals surface area contributed by atoms with E-state index in [9.17, 15) is 9.18 Å². The number of hydrogen-bond donors (Lipinski definition) is 1. The van der Waals surface area contributed by atoms with Crippen molar-refractivity contribution in [3.05, 3.63) is 34.1 Å². The van der Waals surface area contributed by atoms with Gasteiger partial charge in [0.15, 0.2) is 0 Å². The largest absolute Gasteiger partial charge is 0.481 e. The van der Waals surface area contributed by atoms with Crippen LogP contribution in [0.3, 0.4) is 0 Å². The molecule has 1 aromatic carbocycles. The van der Waals surface area contributed by atoms with Crippen molar-refractivity contribution >= 4 is 21.9 Å². The lowest BCUT2D eigenvalue weighted by atomic mass is 9.70. The van der Waals surface area contributed by atoms with E-state index in [4.69, 9.17) is 5.11 Å². The quantitative estimate of drug-likeness (QED) is 0.898. The van der Waals surface area contributed by atoms with Gasteiger partial charge in [-0.05, 0) is 40.4 Å². The highest BCUT2D eigenvalue weighted by molar-refractivity contribution is 9.10. The minimum Gasteiger partial charge on any atom is -0.481 e. The van der Waals surface area contributed by atoms with Crippen LogP contribution in [0.25, 0.3) is 0 Å². The molecule has 1 aliphatic carbocycles. The minimum atomic E-state index is -0.828. The summed E-state index contributed by atoms with van der Waals surface area (Å²) in [4.78, 5) is 10.8. The molecule has 2 rings (SSSR count). The van der Waals surface area contributed by atoms with Crippen molar-refractivity contribution in [3.8, 4) is 0 Å². The summed E-state index contributed by atoms with van der Waals surface area (Å²) in [6.07, 6.45) is 1.40. The van der Waals surface area contributed by atoms with Crippen LogP contribution in [0.4, 0.5) is 4.39 Å². The van der Waals surface area contributed by atoms with Crippen LogP contribution in [0, 0.1) is 11.7 Å². The molecule has 1 fully saturated rings. The average molecular weight is 273 g/mol. The predicted octanol–water partition coefficient (Wildman–Crippen LogP) is 3.17. The van der Waals surface area contributed by atoms with Gasteiger partial charge in [-0.2, -0.15) is 0 Å². The molecule has 0 radical (unpaired) electrons. The monoisotopic (exact) mass is 272 g/mol. The molecule has 2 nitrogen and oxygen atoms in total. The van der Waals surface area contributed by atoms with Crippen LogP contribution >= 0.6 is 15.9 Å². The third kappa shape index (κ3) is 1.78. The van der Waals surface area contributed by atoms with E-state index in [0.717, 1.165) is 6.42 Å². The van der Waals surface area contributed by atoms with Gasteiger partial charge >= 0.3 is 5.97 Å². The molecule has 2 unspecified atom stereocenters. The fourth-order valence-electron chi connectivity index (χ4n) is 1.97. The van der Waals surface area contributed by atoms with E-state index in [1.807, 2.05) is 0 Å². The SMILES string of the molecule is O=C(O)C1CCC1c1cccc(Br)c1F.